The average Bonchev–Trinajstić information content (AvgIpc) is 2.29. The van der Waals surface area contributed by atoms with Crippen LogP contribution in [0.2, 0.25) is 0 Å². The van der Waals surface area contributed by atoms with Crippen molar-refractivity contribution in [3.63, 3.8) is 0 Å². The quantitative estimate of drug-likeness (QED) is 0.702. The largest absolute Gasteiger partial charge is 0.378 e. The van der Waals surface area contributed by atoms with Gasteiger partial charge in [0.15, 0.2) is 5.78 Å². The zero-order valence-corrected chi connectivity index (χ0v) is 8.29. The van der Waals surface area contributed by atoms with Gasteiger partial charge in [-0.3, -0.25) is 4.79 Å². The number of hydrogen-bond donors (Lipinski definition) is 1. The molecule has 0 aromatic heterocycles. The van der Waals surface area contributed by atoms with Crippen LogP contribution in [-0.2, 0) is 11.2 Å². The number of nitrogens with one attached hydrogen (secondary N) is 1. The minimum atomic E-state index is 0.263. The number of benzene rings is 2. The topological polar surface area (TPSA) is 29.1 Å². The van der Waals surface area contributed by atoms with Gasteiger partial charge in [0.2, 0.25) is 0 Å². The number of carbonyl (C=O) groups excluding carboxylic acids is 1. The van der Waals surface area contributed by atoms with Crippen LogP contribution in [0.1, 0.15) is 5.56 Å². The van der Waals surface area contributed by atoms with Gasteiger partial charge in [0.1, 0.15) is 0 Å². The van der Waals surface area contributed by atoms with Crippen molar-refractivity contribution in [1.29, 1.82) is 0 Å². The minimum absolute atomic E-state index is 0.263. The molecular formula is C13H11NO. The predicted octanol–water partition coefficient (Wildman–Crippen LogP) is 2.38. The van der Waals surface area contributed by atoms with E-state index in [1.54, 1.807) is 0 Å². The molecule has 0 unspecified atom stereocenters. The number of carbonyl (C=O) groups is 1. The molecule has 0 bridgehead atoms. The third kappa shape index (κ3) is 1.30. The Morgan fingerprint density at radius 1 is 1.07 bits per heavy atom. The van der Waals surface area contributed by atoms with Gasteiger partial charge in [0, 0.05) is 12.1 Å². The fourth-order valence-corrected chi connectivity index (χ4v) is 2.15. The Bertz CT molecular complexity index is 545. The monoisotopic (exact) mass is 197 g/mol. The summed E-state index contributed by atoms with van der Waals surface area (Å²) in [6, 6.07) is 12.3. The molecule has 74 valence electrons. The Labute approximate surface area is 87.9 Å². The van der Waals surface area contributed by atoms with Crippen molar-refractivity contribution in [2.45, 2.75) is 6.42 Å². The third-order valence-corrected chi connectivity index (χ3v) is 2.89. The van der Waals surface area contributed by atoms with Crippen molar-refractivity contribution in [3.8, 4) is 0 Å². The summed E-state index contributed by atoms with van der Waals surface area (Å²) in [5.41, 5.74) is 2.25. The Hall–Kier alpha value is -1.83. The first-order valence-electron chi connectivity index (χ1n) is 5.11. The van der Waals surface area contributed by atoms with Gasteiger partial charge in [-0.15, -0.1) is 0 Å². The molecule has 0 saturated carbocycles. The summed E-state index contributed by atoms with van der Waals surface area (Å²) in [5, 5.41) is 5.55. The second-order valence-electron chi connectivity index (χ2n) is 3.88. The number of rotatable bonds is 0. The van der Waals surface area contributed by atoms with Gasteiger partial charge >= 0.3 is 0 Å². The number of ketones is 1. The zero-order chi connectivity index (χ0) is 10.3. The molecule has 3 rings (SSSR count). The SMILES string of the molecule is O=C1CNc2ccc3ccccc3c2C1. The maximum Gasteiger partial charge on any atom is 0.156 e. The van der Waals surface area contributed by atoms with Crippen LogP contribution in [-0.4, -0.2) is 12.3 Å². The molecule has 2 heteroatoms. The maximum atomic E-state index is 11.4. The van der Waals surface area contributed by atoms with Gasteiger partial charge in [0.05, 0.1) is 6.54 Å². The lowest BCUT2D eigenvalue weighted by molar-refractivity contribution is -0.116. The van der Waals surface area contributed by atoms with E-state index in [2.05, 4.69) is 29.6 Å². The van der Waals surface area contributed by atoms with Crippen LogP contribution in [0.15, 0.2) is 36.4 Å². The van der Waals surface area contributed by atoms with E-state index in [-0.39, 0.29) is 5.78 Å². The second kappa shape index (κ2) is 3.09. The average molecular weight is 197 g/mol. The van der Waals surface area contributed by atoms with E-state index in [1.807, 2.05) is 12.1 Å². The third-order valence-electron chi connectivity index (χ3n) is 2.89. The van der Waals surface area contributed by atoms with Crippen LogP contribution in [0.4, 0.5) is 5.69 Å². The number of Topliss-reactive ketones (excluding diaryl/α,β-unsaturated/α-hetero) is 1. The molecule has 1 aliphatic rings. The fourth-order valence-electron chi connectivity index (χ4n) is 2.15. The highest BCUT2D eigenvalue weighted by molar-refractivity contribution is 5.98. The molecule has 0 fully saturated rings. The zero-order valence-electron chi connectivity index (χ0n) is 8.29. The molecule has 0 amide bonds. The highest BCUT2D eigenvalue weighted by atomic mass is 16.1. The molecule has 0 aliphatic carbocycles. The van der Waals surface area contributed by atoms with E-state index in [9.17, 15) is 4.79 Å². The Morgan fingerprint density at radius 3 is 2.87 bits per heavy atom. The molecular weight excluding hydrogens is 186 g/mol. The van der Waals surface area contributed by atoms with Crippen LogP contribution in [0.5, 0.6) is 0 Å². The number of hydrogen-bond acceptors (Lipinski definition) is 2. The summed E-state index contributed by atoms with van der Waals surface area (Å²) in [6.45, 7) is 0.464. The van der Waals surface area contributed by atoms with E-state index in [0.29, 0.717) is 13.0 Å². The molecule has 1 aliphatic heterocycles. The number of fused-ring (bicyclic) bond motifs is 3. The van der Waals surface area contributed by atoms with Crippen LogP contribution < -0.4 is 5.32 Å². The summed E-state index contributed by atoms with van der Waals surface area (Å²) in [5.74, 6) is 0.263. The lowest BCUT2D eigenvalue weighted by atomic mass is 9.96. The Morgan fingerprint density at radius 2 is 1.93 bits per heavy atom. The molecule has 15 heavy (non-hydrogen) atoms. The summed E-state index contributed by atoms with van der Waals surface area (Å²) < 4.78 is 0. The maximum absolute atomic E-state index is 11.4. The van der Waals surface area contributed by atoms with Crippen LogP contribution in [0.3, 0.4) is 0 Å². The van der Waals surface area contributed by atoms with Crippen molar-refractivity contribution >= 4 is 22.2 Å². The van der Waals surface area contributed by atoms with Gasteiger partial charge < -0.3 is 5.32 Å². The molecule has 2 aromatic carbocycles. The van der Waals surface area contributed by atoms with Gasteiger partial charge in [-0.2, -0.15) is 0 Å². The summed E-state index contributed by atoms with van der Waals surface area (Å²) in [4.78, 5) is 11.4. The van der Waals surface area contributed by atoms with Crippen molar-refractivity contribution < 1.29 is 4.79 Å². The van der Waals surface area contributed by atoms with E-state index in [0.717, 1.165) is 11.3 Å². The first-order chi connectivity index (χ1) is 7.34. The summed E-state index contributed by atoms with van der Waals surface area (Å²) in [6.07, 6.45) is 0.559. The van der Waals surface area contributed by atoms with Gasteiger partial charge in [-0.1, -0.05) is 30.3 Å². The van der Waals surface area contributed by atoms with Crippen molar-refractivity contribution in [2.24, 2.45) is 0 Å². The lowest BCUT2D eigenvalue weighted by Gasteiger charge is -2.18. The lowest BCUT2D eigenvalue weighted by Crippen LogP contribution is -2.22. The molecule has 2 aromatic rings. The molecule has 0 saturated heterocycles. The van der Waals surface area contributed by atoms with Crippen molar-refractivity contribution in [2.75, 3.05) is 11.9 Å². The first-order valence-corrected chi connectivity index (χ1v) is 5.11. The van der Waals surface area contributed by atoms with Crippen LogP contribution >= 0.6 is 0 Å². The van der Waals surface area contributed by atoms with Gasteiger partial charge in [-0.05, 0) is 22.4 Å². The molecule has 0 atom stereocenters. The van der Waals surface area contributed by atoms with E-state index in [4.69, 9.17) is 0 Å². The summed E-state index contributed by atoms with van der Waals surface area (Å²) >= 11 is 0. The first kappa shape index (κ1) is 8.48. The van der Waals surface area contributed by atoms with Crippen LogP contribution in [0, 0.1) is 0 Å². The van der Waals surface area contributed by atoms with Crippen molar-refractivity contribution in [3.05, 3.63) is 42.0 Å². The van der Waals surface area contributed by atoms with E-state index < -0.39 is 0 Å². The van der Waals surface area contributed by atoms with E-state index in [1.165, 1.54) is 10.8 Å². The standard InChI is InChI=1S/C13H11NO/c15-10-7-12-11-4-2-1-3-9(11)5-6-13(12)14-8-10/h1-6,14H,7-8H2. The normalized spacial score (nSPS) is 14.8. The minimum Gasteiger partial charge on any atom is -0.378 e. The van der Waals surface area contributed by atoms with Gasteiger partial charge in [-0.25, -0.2) is 0 Å². The molecule has 0 radical (unpaired) electrons. The molecule has 0 spiro atoms. The molecule has 1 heterocycles. The van der Waals surface area contributed by atoms with Gasteiger partial charge in [0.25, 0.3) is 0 Å². The Balaban J connectivity index is 2.32. The highest BCUT2D eigenvalue weighted by Gasteiger charge is 2.16. The second-order valence-corrected chi connectivity index (χ2v) is 3.88. The Kier molecular flexibility index (Phi) is 1.75. The fraction of sp³-hybridized carbons (Fsp3) is 0.154. The van der Waals surface area contributed by atoms with Crippen molar-refractivity contribution in [1.82, 2.24) is 0 Å². The number of anilines is 1. The van der Waals surface area contributed by atoms with Crippen LogP contribution in [0.25, 0.3) is 10.8 Å². The molecule has 1 N–H and O–H groups in total. The smallest absolute Gasteiger partial charge is 0.156 e. The summed E-state index contributed by atoms with van der Waals surface area (Å²) in [7, 11) is 0. The highest BCUT2D eigenvalue weighted by Crippen LogP contribution is 2.28. The predicted molar refractivity (Wildman–Crippen MR) is 61.1 cm³/mol. The van der Waals surface area contributed by atoms with E-state index >= 15 is 0 Å². The molecule has 2 nitrogen and oxygen atoms in total.